The van der Waals surface area contributed by atoms with Crippen LogP contribution in [-0.4, -0.2) is 17.4 Å². The molecule has 1 aliphatic heterocycles. The molecule has 92 valence electrons. The summed E-state index contributed by atoms with van der Waals surface area (Å²) < 4.78 is 34.2. The van der Waals surface area contributed by atoms with Gasteiger partial charge in [-0.25, -0.2) is 0 Å². The Kier molecular flexibility index (Phi) is 2.62. The van der Waals surface area contributed by atoms with Crippen LogP contribution in [0, 0.1) is 0 Å². The van der Waals surface area contributed by atoms with Crippen LogP contribution in [0.25, 0.3) is 0 Å². The van der Waals surface area contributed by atoms with Crippen molar-refractivity contribution in [1.29, 1.82) is 0 Å². The summed E-state index contributed by atoms with van der Waals surface area (Å²) in [6.07, 6.45) is -4.12. The fourth-order valence-electron chi connectivity index (χ4n) is 1.58. The van der Waals surface area contributed by atoms with Gasteiger partial charge in [-0.05, 0) is 6.07 Å². The number of ether oxygens (including phenoxy) is 2. The molecule has 3 N–H and O–H groups in total. The van der Waals surface area contributed by atoms with Crippen LogP contribution in [0.4, 0.5) is 8.78 Å². The number of carboxylic acids is 1. The molecule has 1 atom stereocenters. The van der Waals surface area contributed by atoms with E-state index >= 15 is 0 Å². The highest BCUT2D eigenvalue weighted by Gasteiger charge is 2.44. The summed E-state index contributed by atoms with van der Waals surface area (Å²) in [5, 5.41) is 8.60. The van der Waals surface area contributed by atoms with Crippen LogP contribution in [0.3, 0.4) is 0 Å². The highest BCUT2D eigenvalue weighted by Crippen LogP contribution is 2.45. The number of aliphatic carboxylic acids is 1. The van der Waals surface area contributed by atoms with Crippen LogP contribution in [0.1, 0.15) is 18.0 Å². The van der Waals surface area contributed by atoms with Gasteiger partial charge in [-0.2, -0.15) is 0 Å². The predicted molar refractivity (Wildman–Crippen MR) is 51.8 cm³/mol. The van der Waals surface area contributed by atoms with Crippen molar-refractivity contribution in [3.05, 3.63) is 23.8 Å². The van der Waals surface area contributed by atoms with Crippen molar-refractivity contribution in [1.82, 2.24) is 0 Å². The maximum atomic E-state index is 12.8. The number of carboxylic acid groups (broad SMARTS) is 1. The topological polar surface area (TPSA) is 81.8 Å². The van der Waals surface area contributed by atoms with Gasteiger partial charge in [-0.15, -0.1) is 8.78 Å². The van der Waals surface area contributed by atoms with Crippen molar-refractivity contribution in [2.75, 3.05) is 0 Å². The Labute approximate surface area is 94.7 Å². The summed E-state index contributed by atoms with van der Waals surface area (Å²) in [7, 11) is 0. The van der Waals surface area contributed by atoms with E-state index in [9.17, 15) is 13.6 Å². The summed E-state index contributed by atoms with van der Waals surface area (Å²) in [6.45, 7) is 0. The van der Waals surface area contributed by atoms with Gasteiger partial charge in [0.1, 0.15) is 0 Å². The molecular weight excluding hydrogens is 236 g/mol. The molecule has 0 radical (unpaired) electrons. The van der Waals surface area contributed by atoms with Gasteiger partial charge in [0.15, 0.2) is 11.5 Å². The highest BCUT2D eigenvalue weighted by atomic mass is 19.3. The first-order valence-corrected chi connectivity index (χ1v) is 4.75. The van der Waals surface area contributed by atoms with Gasteiger partial charge in [-0.1, -0.05) is 12.1 Å². The highest BCUT2D eigenvalue weighted by molar-refractivity contribution is 5.68. The van der Waals surface area contributed by atoms with Gasteiger partial charge >= 0.3 is 12.3 Å². The van der Waals surface area contributed by atoms with Crippen molar-refractivity contribution in [3.8, 4) is 11.5 Å². The van der Waals surface area contributed by atoms with E-state index in [0.29, 0.717) is 0 Å². The van der Waals surface area contributed by atoms with Gasteiger partial charge in [0.25, 0.3) is 0 Å². The molecule has 1 aliphatic rings. The number of nitrogens with two attached hydrogens (primary N) is 1. The molecule has 0 aliphatic carbocycles. The molecule has 5 nitrogen and oxygen atoms in total. The number of hydrogen-bond acceptors (Lipinski definition) is 4. The van der Waals surface area contributed by atoms with E-state index in [-0.39, 0.29) is 23.5 Å². The van der Waals surface area contributed by atoms with E-state index in [2.05, 4.69) is 9.47 Å². The van der Waals surface area contributed by atoms with E-state index in [4.69, 9.17) is 10.8 Å². The summed E-state index contributed by atoms with van der Waals surface area (Å²) in [5.41, 5.74) is 5.78. The lowest BCUT2D eigenvalue weighted by Gasteiger charge is -2.12. The normalized spacial score (nSPS) is 17.8. The molecule has 0 spiro atoms. The number of rotatable bonds is 3. The standard InChI is InChI=1S/C10H9F2NO4/c11-10(12)16-7-3-1-2-5(9(7)17-10)6(13)4-8(14)15/h1-3,6H,4,13H2,(H,14,15)/t6-/m0/s1. The van der Waals surface area contributed by atoms with Crippen molar-refractivity contribution in [2.24, 2.45) is 5.73 Å². The lowest BCUT2D eigenvalue weighted by Crippen LogP contribution is -2.26. The molecule has 2 rings (SSSR count). The van der Waals surface area contributed by atoms with Crippen molar-refractivity contribution < 1.29 is 28.2 Å². The van der Waals surface area contributed by atoms with E-state index in [1.54, 1.807) is 0 Å². The zero-order valence-electron chi connectivity index (χ0n) is 8.52. The Balaban J connectivity index is 2.32. The van der Waals surface area contributed by atoms with Crippen LogP contribution >= 0.6 is 0 Å². The molecule has 0 unspecified atom stereocenters. The molecule has 1 aromatic rings. The van der Waals surface area contributed by atoms with Gasteiger partial charge in [0, 0.05) is 11.6 Å². The summed E-state index contributed by atoms with van der Waals surface area (Å²) in [6, 6.07) is 3.24. The van der Waals surface area contributed by atoms with Crippen LogP contribution in [0.2, 0.25) is 0 Å². The second-order valence-electron chi connectivity index (χ2n) is 3.55. The molecule has 0 aromatic heterocycles. The first-order valence-electron chi connectivity index (χ1n) is 4.75. The van der Waals surface area contributed by atoms with Crippen molar-refractivity contribution in [2.45, 2.75) is 18.8 Å². The Morgan fingerprint density at radius 3 is 2.82 bits per heavy atom. The van der Waals surface area contributed by atoms with Gasteiger partial charge in [0.2, 0.25) is 0 Å². The second kappa shape index (κ2) is 3.85. The summed E-state index contributed by atoms with van der Waals surface area (Å²) in [5.74, 6) is -1.47. The molecular formula is C10H9F2NO4. The van der Waals surface area contributed by atoms with Gasteiger partial charge in [0.05, 0.1) is 6.42 Å². The van der Waals surface area contributed by atoms with E-state index in [1.807, 2.05) is 0 Å². The molecule has 0 amide bonds. The largest absolute Gasteiger partial charge is 0.586 e. The van der Waals surface area contributed by atoms with Crippen LogP contribution < -0.4 is 15.2 Å². The lowest BCUT2D eigenvalue weighted by atomic mass is 10.0. The maximum Gasteiger partial charge on any atom is 0.586 e. The Morgan fingerprint density at radius 2 is 2.18 bits per heavy atom. The van der Waals surface area contributed by atoms with E-state index in [0.717, 1.165) is 0 Å². The van der Waals surface area contributed by atoms with Crippen LogP contribution in [0.5, 0.6) is 11.5 Å². The predicted octanol–water partition coefficient (Wildman–Crippen LogP) is 1.48. The third-order valence-electron chi connectivity index (χ3n) is 2.25. The zero-order valence-corrected chi connectivity index (χ0v) is 8.52. The smallest absolute Gasteiger partial charge is 0.481 e. The zero-order chi connectivity index (χ0) is 12.6. The Morgan fingerprint density at radius 1 is 1.47 bits per heavy atom. The minimum Gasteiger partial charge on any atom is -0.481 e. The van der Waals surface area contributed by atoms with Crippen molar-refractivity contribution in [3.63, 3.8) is 0 Å². The van der Waals surface area contributed by atoms with Gasteiger partial charge < -0.3 is 20.3 Å². The molecule has 7 heteroatoms. The number of fused-ring (bicyclic) bond motifs is 1. The Hall–Kier alpha value is -1.89. The average Bonchev–Trinajstić information content (AvgIpc) is 2.49. The fourth-order valence-corrected chi connectivity index (χ4v) is 1.58. The fraction of sp³-hybridized carbons (Fsp3) is 0.300. The quantitative estimate of drug-likeness (QED) is 0.842. The van der Waals surface area contributed by atoms with Crippen LogP contribution in [0.15, 0.2) is 18.2 Å². The average molecular weight is 245 g/mol. The molecule has 0 saturated carbocycles. The number of para-hydroxylation sites is 1. The number of carbonyl (C=O) groups is 1. The monoisotopic (exact) mass is 245 g/mol. The van der Waals surface area contributed by atoms with E-state index in [1.165, 1.54) is 18.2 Å². The molecule has 0 bridgehead atoms. The Bertz CT molecular complexity index is 464. The van der Waals surface area contributed by atoms with Crippen LogP contribution in [-0.2, 0) is 4.79 Å². The first-order chi connectivity index (χ1) is 7.89. The van der Waals surface area contributed by atoms with Gasteiger partial charge in [-0.3, -0.25) is 4.79 Å². The number of benzene rings is 1. The third kappa shape index (κ3) is 2.28. The van der Waals surface area contributed by atoms with E-state index < -0.39 is 18.3 Å². The molecule has 1 heterocycles. The molecule has 1 aromatic carbocycles. The molecule has 0 fully saturated rings. The summed E-state index contributed by atoms with van der Waals surface area (Å²) >= 11 is 0. The number of halogens is 2. The second-order valence-corrected chi connectivity index (χ2v) is 3.55. The SMILES string of the molecule is N[C@@H](CC(=O)O)c1cccc2c1OC(F)(F)O2. The number of hydrogen-bond donors (Lipinski definition) is 2. The minimum atomic E-state index is -3.73. The third-order valence-corrected chi connectivity index (χ3v) is 2.25. The first kappa shape index (κ1) is 11.6. The minimum absolute atomic E-state index is 0.145. The van der Waals surface area contributed by atoms with Crippen molar-refractivity contribution >= 4 is 5.97 Å². The lowest BCUT2D eigenvalue weighted by molar-refractivity contribution is -0.287. The number of alkyl halides is 2. The summed E-state index contributed by atoms with van der Waals surface area (Å²) in [4.78, 5) is 10.5. The maximum absolute atomic E-state index is 12.8. The molecule has 0 saturated heterocycles. The molecule has 17 heavy (non-hydrogen) atoms.